The molecule has 0 saturated heterocycles. The van der Waals surface area contributed by atoms with Crippen LogP contribution in [-0.2, 0) is 15.1 Å². The summed E-state index contributed by atoms with van der Waals surface area (Å²) in [6.45, 7) is 4.13. The molecule has 2 N–H and O–H groups in total. The van der Waals surface area contributed by atoms with E-state index in [1.165, 1.54) is 0 Å². The molecule has 0 unspecified atom stereocenters. The third-order valence-electron chi connectivity index (χ3n) is 3.41. The van der Waals surface area contributed by atoms with Crippen molar-refractivity contribution in [2.45, 2.75) is 13.8 Å². The maximum absolute atomic E-state index is 11.5. The summed E-state index contributed by atoms with van der Waals surface area (Å²) in [5, 5.41) is 5.97. The van der Waals surface area contributed by atoms with E-state index < -0.39 is 16.5 Å². The number of anilines is 1. The van der Waals surface area contributed by atoms with Crippen LogP contribution in [0.2, 0.25) is 0 Å². The second-order valence-corrected chi connectivity index (χ2v) is 6.10. The van der Waals surface area contributed by atoms with Gasteiger partial charge in [-0.15, -0.1) is 0 Å². The fraction of sp³-hybridized carbons (Fsp3) is 0.176. The number of carbonyl (C=O) groups excluding carboxylic acids is 1. The van der Waals surface area contributed by atoms with Gasteiger partial charge in [0.15, 0.2) is 0 Å². The molecule has 26 heavy (non-hydrogen) atoms. The van der Waals surface area contributed by atoms with Crippen LogP contribution in [0, 0.1) is 6.92 Å². The molecule has 0 bridgehead atoms. The van der Waals surface area contributed by atoms with Crippen molar-refractivity contribution in [3.63, 3.8) is 0 Å². The van der Waals surface area contributed by atoms with Crippen molar-refractivity contribution in [2.24, 2.45) is 0 Å². The van der Waals surface area contributed by atoms with Crippen molar-refractivity contribution in [1.82, 2.24) is 4.98 Å². The molecule has 0 radical (unpaired) electrons. The Bertz CT molecular complexity index is 1040. The molecule has 0 atom stereocenters. The van der Waals surface area contributed by atoms with E-state index in [0.717, 1.165) is 33.1 Å². The number of pyridine rings is 1. The maximum atomic E-state index is 11.5. The molecule has 0 aliphatic carbocycles. The number of nitrogens with one attached hydrogen (secondary N) is 1. The smallest absolute Gasteiger partial charge is 0.411 e. The summed E-state index contributed by atoms with van der Waals surface area (Å²) in [5.41, 5.74) is 2.65. The lowest BCUT2D eigenvalue weighted by molar-refractivity contribution is 0.168. The van der Waals surface area contributed by atoms with E-state index in [0.29, 0.717) is 6.61 Å². The van der Waals surface area contributed by atoms with Gasteiger partial charge in [-0.3, -0.25) is 14.9 Å². The fourth-order valence-electron chi connectivity index (χ4n) is 2.49. The van der Waals surface area contributed by atoms with Crippen LogP contribution in [0.25, 0.3) is 21.7 Å². The van der Waals surface area contributed by atoms with Crippen molar-refractivity contribution in [3.05, 3.63) is 48.2 Å². The predicted octanol–water partition coefficient (Wildman–Crippen LogP) is 3.27. The molecule has 0 spiro atoms. The second kappa shape index (κ2) is 8.09. The quantitative estimate of drug-likeness (QED) is 0.398. The molecule has 1 amide bonds. The Kier molecular flexibility index (Phi) is 6.09. The summed E-state index contributed by atoms with van der Waals surface area (Å²) < 4.78 is 37.7. The average Bonchev–Trinajstić information content (AvgIpc) is 2.53. The SMILES string of the molecule is CCOC(=O)Nc1ccc2c(C)nc3ccccc3c2c1.O=S(=O)([O-])O. The summed E-state index contributed by atoms with van der Waals surface area (Å²) in [4.78, 5) is 16.1. The zero-order valence-corrected chi connectivity index (χ0v) is 14.9. The number of hydrogen-bond donors (Lipinski definition) is 2. The molecule has 0 fully saturated rings. The molecule has 0 saturated carbocycles. The van der Waals surface area contributed by atoms with E-state index in [-0.39, 0.29) is 0 Å². The Labute approximate surface area is 150 Å². The Morgan fingerprint density at radius 3 is 2.50 bits per heavy atom. The van der Waals surface area contributed by atoms with Crippen molar-refractivity contribution in [2.75, 3.05) is 11.9 Å². The van der Waals surface area contributed by atoms with Gasteiger partial charge in [0.05, 0.1) is 12.1 Å². The van der Waals surface area contributed by atoms with Crippen LogP contribution in [0.3, 0.4) is 0 Å². The van der Waals surface area contributed by atoms with Crippen molar-refractivity contribution < 1.29 is 27.1 Å². The fourth-order valence-corrected chi connectivity index (χ4v) is 2.49. The lowest BCUT2D eigenvalue weighted by Gasteiger charge is -2.10. The van der Waals surface area contributed by atoms with E-state index in [1.54, 1.807) is 6.92 Å². The molecular weight excluding hydrogens is 360 g/mol. The standard InChI is InChI=1S/C17H16N2O2.H2O4S/c1-3-21-17(20)19-12-8-9-13-11(2)18-16-7-5-4-6-14(16)15(13)10-12;1-5(2,3)4/h4-10H,3H2,1-2H3,(H,19,20);(H2,1,2,3,4)/p-1. The summed E-state index contributed by atoms with van der Waals surface area (Å²) in [6, 6.07) is 13.8. The molecule has 1 aromatic heterocycles. The number of nitrogens with zero attached hydrogens (tertiary/aromatic N) is 1. The Morgan fingerprint density at radius 1 is 1.19 bits per heavy atom. The van der Waals surface area contributed by atoms with Crippen LogP contribution < -0.4 is 5.32 Å². The molecular formula is C17H17N2O6S-. The molecule has 1 heterocycles. The summed E-state index contributed by atoms with van der Waals surface area (Å²) in [6.07, 6.45) is -0.438. The third kappa shape index (κ3) is 5.38. The number of carbonyl (C=O) groups is 1. The number of amides is 1. The number of fused-ring (bicyclic) bond motifs is 3. The number of benzene rings is 2. The second-order valence-electron chi connectivity index (χ2n) is 5.25. The van der Waals surface area contributed by atoms with Gasteiger partial charge in [-0.2, -0.15) is 0 Å². The minimum Gasteiger partial charge on any atom is -0.726 e. The van der Waals surface area contributed by atoms with Crippen molar-refractivity contribution in [3.8, 4) is 0 Å². The highest BCUT2D eigenvalue weighted by Gasteiger charge is 2.08. The third-order valence-corrected chi connectivity index (χ3v) is 3.41. The van der Waals surface area contributed by atoms with Crippen LogP contribution >= 0.6 is 0 Å². The molecule has 9 heteroatoms. The average molecular weight is 377 g/mol. The molecule has 8 nitrogen and oxygen atoms in total. The molecule has 3 rings (SSSR count). The lowest BCUT2D eigenvalue weighted by Crippen LogP contribution is -2.13. The van der Waals surface area contributed by atoms with Crippen LogP contribution in [0.1, 0.15) is 12.6 Å². The van der Waals surface area contributed by atoms with E-state index in [9.17, 15) is 4.79 Å². The minimum atomic E-state index is -4.92. The highest BCUT2D eigenvalue weighted by molar-refractivity contribution is 7.79. The van der Waals surface area contributed by atoms with E-state index >= 15 is 0 Å². The zero-order valence-electron chi connectivity index (χ0n) is 14.1. The van der Waals surface area contributed by atoms with E-state index in [1.807, 2.05) is 49.4 Å². The first-order valence-corrected chi connectivity index (χ1v) is 8.96. The van der Waals surface area contributed by atoms with Crippen LogP contribution in [0.4, 0.5) is 10.5 Å². The monoisotopic (exact) mass is 377 g/mol. The minimum absolute atomic E-state index is 0.353. The first-order chi connectivity index (χ1) is 12.2. The summed E-state index contributed by atoms with van der Waals surface area (Å²) >= 11 is 0. The van der Waals surface area contributed by atoms with Gasteiger partial charge in [-0.25, -0.2) is 13.2 Å². The Morgan fingerprint density at radius 2 is 1.85 bits per heavy atom. The van der Waals surface area contributed by atoms with E-state index in [4.69, 9.17) is 22.3 Å². The molecule has 2 aromatic carbocycles. The van der Waals surface area contributed by atoms with Gasteiger partial charge in [-0.1, -0.05) is 24.3 Å². The first-order valence-electron chi connectivity index (χ1n) is 7.60. The van der Waals surface area contributed by atoms with Crippen molar-refractivity contribution >= 4 is 43.9 Å². The molecule has 3 aromatic rings. The van der Waals surface area contributed by atoms with Gasteiger partial charge in [0.2, 0.25) is 10.4 Å². The number of para-hydroxylation sites is 1. The number of aromatic nitrogens is 1. The van der Waals surface area contributed by atoms with Crippen LogP contribution in [0.15, 0.2) is 42.5 Å². The number of aryl methyl sites for hydroxylation is 1. The topological polar surface area (TPSA) is 129 Å². The van der Waals surface area contributed by atoms with Gasteiger partial charge in [0.25, 0.3) is 0 Å². The lowest BCUT2D eigenvalue weighted by atomic mass is 10.0. The highest BCUT2D eigenvalue weighted by atomic mass is 32.3. The van der Waals surface area contributed by atoms with Gasteiger partial charge in [-0.05, 0) is 37.4 Å². The van der Waals surface area contributed by atoms with Gasteiger partial charge in [0.1, 0.15) is 0 Å². The number of rotatable bonds is 2. The molecule has 0 aliphatic heterocycles. The van der Waals surface area contributed by atoms with Gasteiger partial charge in [0, 0.05) is 22.2 Å². The predicted molar refractivity (Wildman–Crippen MR) is 97.0 cm³/mol. The normalized spacial score (nSPS) is 10.9. The van der Waals surface area contributed by atoms with Gasteiger partial charge < -0.3 is 9.29 Å². The number of hydrogen-bond acceptors (Lipinski definition) is 6. The highest BCUT2D eigenvalue weighted by Crippen LogP contribution is 2.28. The largest absolute Gasteiger partial charge is 0.726 e. The maximum Gasteiger partial charge on any atom is 0.411 e. The van der Waals surface area contributed by atoms with Crippen LogP contribution in [-0.4, -0.2) is 35.2 Å². The van der Waals surface area contributed by atoms with E-state index in [2.05, 4.69) is 10.3 Å². The molecule has 0 aliphatic rings. The zero-order chi connectivity index (χ0) is 19.3. The first kappa shape index (κ1) is 19.6. The number of ether oxygens (including phenoxy) is 1. The van der Waals surface area contributed by atoms with Crippen LogP contribution in [0.5, 0.6) is 0 Å². The summed E-state index contributed by atoms with van der Waals surface area (Å²) in [7, 11) is -4.92. The van der Waals surface area contributed by atoms with Gasteiger partial charge >= 0.3 is 6.09 Å². The van der Waals surface area contributed by atoms with Crippen molar-refractivity contribution in [1.29, 1.82) is 0 Å². The Hall–Kier alpha value is -2.75. The summed E-state index contributed by atoms with van der Waals surface area (Å²) in [5.74, 6) is 0. The molecule has 138 valence electrons. The Balaban J connectivity index is 0.000000431.